The van der Waals surface area contributed by atoms with E-state index in [4.69, 9.17) is 5.84 Å². The van der Waals surface area contributed by atoms with Crippen molar-refractivity contribution in [2.75, 3.05) is 0 Å². The fourth-order valence-electron chi connectivity index (χ4n) is 3.13. The van der Waals surface area contributed by atoms with Crippen molar-refractivity contribution in [1.82, 2.24) is 10.4 Å². The summed E-state index contributed by atoms with van der Waals surface area (Å²) in [5.41, 5.74) is 4.36. The first-order valence-corrected chi connectivity index (χ1v) is 7.18. The highest BCUT2D eigenvalue weighted by Crippen LogP contribution is 2.33. The van der Waals surface area contributed by atoms with E-state index in [-0.39, 0.29) is 0 Å². The Morgan fingerprint density at radius 2 is 1.94 bits per heavy atom. The minimum absolute atomic E-state index is 0.408. The molecule has 1 heterocycles. The Morgan fingerprint density at radius 3 is 2.50 bits per heavy atom. The van der Waals surface area contributed by atoms with Gasteiger partial charge in [0.15, 0.2) is 0 Å². The van der Waals surface area contributed by atoms with Crippen LogP contribution in [0, 0.1) is 11.8 Å². The van der Waals surface area contributed by atoms with Gasteiger partial charge in [0.05, 0.1) is 0 Å². The summed E-state index contributed by atoms with van der Waals surface area (Å²) in [7, 11) is 0. The Labute approximate surface area is 110 Å². The third kappa shape index (κ3) is 3.53. The Hall–Kier alpha value is -0.930. The van der Waals surface area contributed by atoms with Gasteiger partial charge in [-0.3, -0.25) is 16.3 Å². The van der Waals surface area contributed by atoms with Crippen molar-refractivity contribution in [2.45, 2.75) is 51.5 Å². The highest BCUT2D eigenvalue weighted by atomic mass is 15.2. The molecule has 2 rings (SSSR count). The number of rotatable bonds is 5. The number of hydrazine groups is 1. The van der Waals surface area contributed by atoms with Crippen molar-refractivity contribution < 1.29 is 0 Å². The van der Waals surface area contributed by atoms with Crippen LogP contribution in [0.2, 0.25) is 0 Å². The second kappa shape index (κ2) is 6.86. The largest absolute Gasteiger partial charge is 0.271 e. The second-order valence-electron chi connectivity index (χ2n) is 5.52. The highest BCUT2D eigenvalue weighted by Gasteiger charge is 2.26. The van der Waals surface area contributed by atoms with Gasteiger partial charge in [-0.25, -0.2) is 0 Å². The summed E-state index contributed by atoms with van der Waals surface area (Å²) in [5.74, 6) is 7.43. The number of hydrogen-bond acceptors (Lipinski definition) is 3. The van der Waals surface area contributed by atoms with Crippen LogP contribution in [0.3, 0.4) is 0 Å². The molecule has 18 heavy (non-hydrogen) atoms. The third-order valence-electron chi connectivity index (χ3n) is 4.46. The normalized spacial score (nSPS) is 25.9. The molecule has 1 aromatic rings. The average molecular weight is 247 g/mol. The Kier molecular flexibility index (Phi) is 5.14. The number of nitrogens with two attached hydrogens (primary N) is 1. The van der Waals surface area contributed by atoms with Gasteiger partial charge >= 0.3 is 0 Å². The van der Waals surface area contributed by atoms with Crippen LogP contribution in [0.1, 0.15) is 44.6 Å². The van der Waals surface area contributed by atoms with Gasteiger partial charge in [0.1, 0.15) is 0 Å². The summed E-state index contributed by atoms with van der Waals surface area (Å²) in [6, 6.07) is 4.58. The molecule has 0 aromatic carbocycles. The molecule has 3 heteroatoms. The van der Waals surface area contributed by atoms with Crippen molar-refractivity contribution in [2.24, 2.45) is 17.7 Å². The van der Waals surface area contributed by atoms with E-state index in [1.165, 1.54) is 37.7 Å². The first kappa shape index (κ1) is 13.5. The fraction of sp³-hybridized carbons (Fsp3) is 0.667. The Morgan fingerprint density at radius 1 is 1.28 bits per heavy atom. The highest BCUT2D eigenvalue weighted by molar-refractivity contribution is 5.11. The maximum absolute atomic E-state index is 5.75. The number of pyridine rings is 1. The van der Waals surface area contributed by atoms with E-state index in [1.54, 1.807) is 0 Å². The molecule has 0 saturated heterocycles. The molecule has 1 atom stereocenters. The number of hydrogen-bond donors (Lipinski definition) is 2. The summed E-state index contributed by atoms with van der Waals surface area (Å²) in [4.78, 5) is 4.06. The van der Waals surface area contributed by atoms with E-state index in [0.717, 1.165) is 18.3 Å². The van der Waals surface area contributed by atoms with Gasteiger partial charge in [-0.2, -0.15) is 0 Å². The lowest BCUT2D eigenvalue weighted by atomic mass is 9.76. The molecule has 3 nitrogen and oxygen atoms in total. The van der Waals surface area contributed by atoms with E-state index < -0.39 is 0 Å². The molecule has 0 radical (unpaired) electrons. The molecule has 1 unspecified atom stereocenters. The van der Waals surface area contributed by atoms with Crippen molar-refractivity contribution >= 4 is 0 Å². The molecule has 1 aliphatic carbocycles. The lowest BCUT2D eigenvalue weighted by molar-refractivity contribution is 0.217. The number of aromatic nitrogens is 1. The van der Waals surface area contributed by atoms with Gasteiger partial charge in [-0.05, 0) is 48.8 Å². The third-order valence-corrected chi connectivity index (χ3v) is 4.46. The summed E-state index contributed by atoms with van der Waals surface area (Å²) < 4.78 is 0. The molecule has 0 aliphatic heterocycles. The van der Waals surface area contributed by atoms with Crippen molar-refractivity contribution in [3.8, 4) is 0 Å². The topological polar surface area (TPSA) is 50.9 Å². The van der Waals surface area contributed by atoms with Gasteiger partial charge in [0.25, 0.3) is 0 Å². The van der Waals surface area contributed by atoms with Gasteiger partial charge < -0.3 is 0 Å². The minimum Gasteiger partial charge on any atom is -0.271 e. The maximum Gasteiger partial charge on any atom is 0.0279 e. The smallest absolute Gasteiger partial charge is 0.0279 e. The molecular formula is C15H25N3. The predicted molar refractivity (Wildman–Crippen MR) is 74.8 cm³/mol. The fourth-order valence-corrected chi connectivity index (χ4v) is 3.13. The van der Waals surface area contributed by atoms with E-state index in [9.17, 15) is 0 Å². The first-order chi connectivity index (χ1) is 8.83. The molecule has 100 valence electrons. The predicted octanol–water partition coefficient (Wildman–Crippen LogP) is 2.67. The summed E-state index contributed by atoms with van der Waals surface area (Å²) >= 11 is 0. The molecule has 0 bridgehead atoms. The van der Waals surface area contributed by atoms with Crippen molar-refractivity contribution in [3.05, 3.63) is 30.1 Å². The van der Waals surface area contributed by atoms with E-state index in [1.807, 2.05) is 12.4 Å². The van der Waals surface area contributed by atoms with Gasteiger partial charge in [-0.15, -0.1) is 0 Å². The van der Waals surface area contributed by atoms with Crippen LogP contribution in [0.25, 0.3) is 0 Å². The SMILES string of the molecule is CCC1CCC(C(Cc2ccncc2)NN)CC1. The maximum atomic E-state index is 5.75. The van der Waals surface area contributed by atoms with Crippen LogP contribution in [0.15, 0.2) is 24.5 Å². The van der Waals surface area contributed by atoms with E-state index >= 15 is 0 Å². The summed E-state index contributed by atoms with van der Waals surface area (Å²) in [6.07, 6.45) is 11.4. The van der Waals surface area contributed by atoms with Crippen LogP contribution in [0.4, 0.5) is 0 Å². The summed E-state index contributed by atoms with van der Waals surface area (Å²) in [5, 5.41) is 0. The molecule has 3 N–H and O–H groups in total. The van der Waals surface area contributed by atoms with E-state index in [0.29, 0.717) is 6.04 Å². The lowest BCUT2D eigenvalue weighted by Crippen LogP contribution is -2.43. The Bertz CT molecular complexity index is 331. The Balaban J connectivity index is 1.89. The number of nitrogens with zero attached hydrogens (tertiary/aromatic N) is 1. The molecule has 1 aromatic heterocycles. The minimum atomic E-state index is 0.408. The van der Waals surface area contributed by atoms with E-state index in [2.05, 4.69) is 29.5 Å². The molecular weight excluding hydrogens is 222 g/mol. The van der Waals surface area contributed by atoms with Gasteiger partial charge in [0, 0.05) is 18.4 Å². The average Bonchev–Trinajstić information content (AvgIpc) is 2.46. The van der Waals surface area contributed by atoms with Crippen LogP contribution < -0.4 is 11.3 Å². The van der Waals surface area contributed by atoms with Crippen molar-refractivity contribution in [1.29, 1.82) is 0 Å². The quantitative estimate of drug-likeness (QED) is 0.621. The molecule has 1 saturated carbocycles. The molecule has 1 aliphatic rings. The number of nitrogens with one attached hydrogen (secondary N) is 1. The van der Waals surface area contributed by atoms with Gasteiger partial charge in [-0.1, -0.05) is 26.2 Å². The summed E-state index contributed by atoms with van der Waals surface area (Å²) in [6.45, 7) is 2.31. The zero-order chi connectivity index (χ0) is 12.8. The van der Waals surface area contributed by atoms with Crippen LogP contribution in [-0.2, 0) is 6.42 Å². The zero-order valence-corrected chi connectivity index (χ0v) is 11.3. The monoisotopic (exact) mass is 247 g/mol. The first-order valence-electron chi connectivity index (χ1n) is 7.18. The van der Waals surface area contributed by atoms with Crippen LogP contribution in [-0.4, -0.2) is 11.0 Å². The molecule has 1 fully saturated rings. The van der Waals surface area contributed by atoms with Crippen LogP contribution >= 0.6 is 0 Å². The standard InChI is InChI=1S/C15H25N3/c1-2-12-3-5-14(6-4-12)15(18-16)11-13-7-9-17-10-8-13/h7-10,12,14-15,18H,2-6,11,16H2,1H3. The lowest BCUT2D eigenvalue weighted by Gasteiger charge is -2.33. The van der Waals surface area contributed by atoms with Crippen LogP contribution in [0.5, 0.6) is 0 Å². The second-order valence-corrected chi connectivity index (χ2v) is 5.52. The van der Waals surface area contributed by atoms with Gasteiger partial charge in [0.2, 0.25) is 0 Å². The van der Waals surface area contributed by atoms with Crippen molar-refractivity contribution in [3.63, 3.8) is 0 Å². The molecule has 0 amide bonds. The zero-order valence-electron chi connectivity index (χ0n) is 11.3. The molecule has 0 spiro atoms.